The summed E-state index contributed by atoms with van der Waals surface area (Å²) in [7, 11) is -3.03. The molecule has 0 fully saturated rings. The van der Waals surface area contributed by atoms with Crippen LogP contribution in [-0.2, 0) is 22.1 Å². The fraction of sp³-hybridized carbons (Fsp3) is 0.250. The Morgan fingerprint density at radius 1 is 1.12 bits per heavy atom. The Kier molecular flexibility index (Phi) is 4.81. The van der Waals surface area contributed by atoms with Gasteiger partial charge in [-0.3, -0.25) is 9.71 Å². The summed E-state index contributed by atoms with van der Waals surface area (Å²) in [6.07, 6.45) is -7.17. The van der Waals surface area contributed by atoms with E-state index in [1.54, 1.807) is 0 Å². The predicted molar refractivity (Wildman–Crippen MR) is 79.2 cm³/mol. The number of halogens is 6. The molecule has 2 aromatic heterocycles. The van der Waals surface area contributed by atoms with Crippen molar-refractivity contribution in [1.29, 1.82) is 0 Å². The van der Waals surface area contributed by atoms with Gasteiger partial charge in [-0.15, -0.1) is 11.3 Å². The minimum Gasteiger partial charge on any atom is -0.288 e. The molecule has 0 aliphatic rings. The van der Waals surface area contributed by atoms with E-state index in [-0.39, 0.29) is 10.7 Å². The SMILES string of the molecule is CS(=O)(=Cc1ccc(C(F)(F)F)nc1)Nc1nc(C(F)(F)F)cs1. The molecule has 0 aromatic carbocycles. The molecule has 1 atom stereocenters. The van der Waals surface area contributed by atoms with Gasteiger partial charge >= 0.3 is 12.4 Å². The predicted octanol–water partition coefficient (Wildman–Crippen LogP) is 3.67. The highest BCUT2D eigenvalue weighted by atomic mass is 32.2. The summed E-state index contributed by atoms with van der Waals surface area (Å²) in [6, 6.07) is 1.77. The zero-order valence-electron chi connectivity index (χ0n) is 11.8. The fourth-order valence-electron chi connectivity index (χ4n) is 1.56. The highest BCUT2D eigenvalue weighted by Gasteiger charge is 2.34. The van der Waals surface area contributed by atoms with Crippen LogP contribution in [0.5, 0.6) is 0 Å². The first kappa shape index (κ1) is 18.5. The second-order valence-corrected chi connectivity index (χ2v) is 7.74. The van der Waals surface area contributed by atoms with Gasteiger partial charge in [-0.2, -0.15) is 26.3 Å². The van der Waals surface area contributed by atoms with Gasteiger partial charge in [0.05, 0.1) is 9.71 Å². The average molecular weight is 389 g/mol. The van der Waals surface area contributed by atoms with Crippen molar-refractivity contribution in [3.8, 4) is 0 Å². The normalized spacial score (nSPS) is 15.0. The number of anilines is 1. The number of nitrogens with zero attached hydrogens (tertiary/aromatic N) is 2. The van der Waals surface area contributed by atoms with Crippen LogP contribution in [0.3, 0.4) is 0 Å². The number of pyridine rings is 1. The minimum atomic E-state index is -4.62. The van der Waals surface area contributed by atoms with E-state index in [1.807, 2.05) is 0 Å². The van der Waals surface area contributed by atoms with Gasteiger partial charge in [-0.05, 0) is 6.07 Å². The number of alkyl halides is 6. The molecule has 1 N–H and O–H groups in total. The Bertz CT molecular complexity index is 832. The zero-order valence-corrected chi connectivity index (χ0v) is 13.4. The van der Waals surface area contributed by atoms with Crippen molar-refractivity contribution in [1.82, 2.24) is 9.97 Å². The molecule has 0 saturated carbocycles. The lowest BCUT2D eigenvalue weighted by atomic mass is 10.3. The van der Waals surface area contributed by atoms with Gasteiger partial charge in [-0.1, -0.05) is 6.07 Å². The maximum absolute atomic E-state index is 12.5. The lowest BCUT2D eigenvalue weighted by Gasteiger charge is -2.08. The van der Waals surface area contributed by atoms with Gasteiger partial charge in [0.15, 0.2) is 10.8 Å². The molecule has 0 aliphatic carbocycles. The summed E-state index contributed by atoms with van der Waals surface area (Å²) in [5.41, 5.74) is -2.11. The Morgan fingerprint density at radius 3 is 2.21 bits per heavy atom. The summed E-state index contributed by atoms with van der Waals surface area (Å²) in [6.45, 7) is 0. The van der Waals surface area contributed by atoms with E-state index < -0.39 is 33.4 Å². The second kappa shape index (κ2) is 6.24. The van der Waals surface area contributed by atoms with E-state index in [9.17, 15) is 30.6 Å². The van der Waals surface area contributed by atoms with Crippen LogP contribution >= 0.6 is 11.3 Å². The van der Waals surface area contributed by atoms with Gasteiger partial charge in [0, 0.05) is 28.8 Å². The summed E-state index contributed by atoms with van der Waals surface area (Å²) < 4.78 is 89.2. The molecule has 0 spiro atoms. The zero-order chi connectivity index (χ0) is 18.2. The molecule has 0 saturated heterocycles. The average Bonchev–Trinajstić information content (AvgIpc) is 2.85. The number of hydrogen-bond acceptors (Lipinski definition) is 4. The Morgan fingerprint density at radius 2 is 1.75 bits per heavy atom. The molecular weight excluding hydrogens is 380 g/mol. The maximum atomic E-state index is 12.5. The van der Waals surface area contributed by atoms with Crippen LogP contribution in [0.2, 0.25) is 0 Å². The molecule has 132 valence electrons. The molecule has 0 aliphatic heterocycles. The van der Waals surface area contributed by atoms with Crippen LogP contribution < -0.4 is 4.72 Å². The van der Waals surface area contributed by atoms with Crippen molar-refractivity contribution in [2.45, 2.75) is 12.4 Å². The van der Waals surface area contributed by atoms with Gasteiger partial charge in [0.2, 0.25) is 0 Å². The molecule has 2 rings (SSSR count). The van der Waals surface area contributed by atoms with Crippen LogP contribution in [0, 0.1) is 0 Å². The Labute approximate surface area is 136 Å². The topological polar surface area (TPSA) is 54.9 Å². The largest absolute Gasteiger partial charge is 0.434 e. The molecule has 0 bridgehead atoms. The molecule has 4 nitrogen and oxygen atoms in total. The molecule has 2 heterocycles. The third-order valence-electron chi connectivity index (χ3n) is 2.52. The summed E-state index contributed by atoms with van der Waals surface area (Å²) in [4.78, 5) is 6.48. The first-order valence-electron chi connectivity index (χ1n) is 6.04. The quantitative estimate of drug-likeness (QED) is 0.644. The van der Waals surface area contributed by atoms with Gasteiger partial charge in [0.25, 0.3) is 0 Å². The first-order valence-corrected chi connectivity index (χ1v) is 8.95. The van der Waals surface area contributed by atoms with Gasteiger partial charge in [0.1, 0.15) is 5.69 Å². The minimum absolute atomic E-state index is 0.121. The van der Waals surface area contributed by atoms with Crippen LogP contribution in [-0.4, -0.2) is 25.8 Å². The second-order valence-electron chi connectivity index (χ2n) is 4.63. The van der Waals surface area contributed by atoms with Crippen molar-refractivity contribution < 1.29 is 30.6 Å². The van der Waals surface area contributed by atoms with Crippen LogP contribution in [0.15, 0.2) is 23.7 Å². The highest BCUT2D eigenvalue weighted by molar-refractivity contribution is 8.02. The molecular formula is C12H9F6N3OS2. The maximum Gasteiger partial charge on any atom is 0.434 e. The lowest BCUT2D eigenvalue weighted by molar-refractivity contribution is -0.141. The van der Waals surface area contributed by atoms with Crippen molar-refractivity contribution in [2.24, 2.45) is 0 Å². The smallest absolute Gasteiger partial charge is 0.288 e. The van der Waals surface area contributed by atoms with Crippen molar-refractivity contribution >= 4 is 31.5 Å². The standard InChI is InChI=1S/C12H9F6N3OS2/c1-24(22,21-10-20-9(5-23-10)12(16,17)18)6-7-2-3-8(19-4-7)11(13,14)15/h2-6H,1H3,(H,20,21,22). The third kappa shape index (κ3) is 4.84. The number of rotatable bonds is 3. The monoisotopic (exact) mass is 389 g/mol. The van der Waals surface area contributed by atoms with E-state index in [0.717, 1.165) is 23.0 Å². The van der Waals surface area contributed by atoms with Gasteiger partial charge < -0.3 is 0 Å². The lowest BCUT2D eigenvalue weighted by Crippen LogP contribution is -2.15. The van der Waals surface area contributed by atoms with Crippen molar-refractivity contribution in [3.63, 3.8) is 0 Å². The van der Waals surface area contributed by atoms with E-state index in [2.05, 4.69) is 14.7 Å². The van der Waals surface area contributed by atoms with E-state index in [0.29, 0.717) is 17.4 Å². The molecule has 0 amide bonds. The summed E-state index contributed by atoms with van der Waals surface area (Å²) in [5, 5.41) is 1.62. The fourth-order valence-corrected chi connectivity index (χ4v) is 3.92. The Balaban J connectivity index is 2.22. The van der Waals surface area contributed by atoms with Gasteiger partial charge in [-0.25, -0.2) is 9.19 Å². The van der Waals surface area contributed by atoms with E-state index in [4.69, 9.17) is 0 Å². The Hall–Kier alpha value is -1.82. The summed E-state index contributed by atoms with van der Waals surface area (Å²) >= 11 is 0.614. The van der Waals surface area contributed by atoms with Crippen LogP contribution in [0.4, 0.5) is 31.5 Å². The van der Waals surface area contributed by atoms with Crippen molar-refractivity contribution in [2.75, 3.05) is 11.0 Å². The van der Waals surface area contributed by atoms with Crippen molar-refractivity contribution in [3.05, 3.63) is 40.7 Å². The molecule has 0 radical (unpaired) electrons. The third-order valence-corrected chi connectivity index (χ3v) is 4.73. The number of hydrogen-bond donors (Lipinski definition) is 1. The van der Waals surface area contributed by atoms with E-state index in [1.165, 1.54) is 6.26 Å². The molecule has 1 unspecified atom stereocenters. The van der Waals surface area contributed by atoms with Crippen LogP contribution in [0.25, 0.3) is 0 Å². The van der Waals surface area contributed by atoms with Crippen LogP contribution in [0.1, 0.15) is 17.0 Å². The first-order chi connectivity index (χ1) is 10.9. The molecule has 24 heavy (non-hydrogen) atoms. The molecule has 12 heteroatoms. The summed E-state index contributed by atoms with van der Waals surface area (Å²) in [5.74, 6) is 0. The number of nitrogens with one attached hydrogen (secondary N) is 1. The van der Waals surface area contributed by atoms with E-state index >= 15 is 0 Å². The number of thiazole rings is 1. The number of aromatic nitrogens is 2. The highest BCUT2D eigenvalue weighted by Crippen LogP contribution is 2.32. The molecule has 2 aromatic rings.